The van der Waals surface area contributed by atoms with Crippen molar-refractivity contribution in [2.24, 2.45) is 5.41 Å². The van der Waals surface area contributed by atoms with Crippen LogP contribution in [0.15, 0.2) is 0 Å². The lowest BCUT2D eigenvalue weighted by molar-refractivity contribution is -0.150. The predicted molar refractivity (Wildman–Crippen MR) is 50.6 cm³/mol. The van der Waals surface area contributed by atoms with Crippen molar-refractivity contribution in [3.63, 3.8) is 0 Å². The summed E-state index contributed by atoms with van der Waals surface area (Å²) in [5.41, 5.74) is -0.499. The lowest BCUT2D eigenvalue weighted by Crippen LogP contribution is -2.39. The second-order valence-corrected chi connectivity index (χ2v) is 4.31. The highest BCUT2D eigenvalue weighted by molar-refractivity contribution is 7.33. The molecule has 1 heterocycles. The van der Waals surface area contributed by atoms with Crippen LogP contribution in [0, 0.1) is 5.41 Å². The number of rotatable bonds is 2. The van der Waals surface area contributed by atoms with Crippen LogP contribution in [0.25, 0.3) is 0 Å². The number of hydrogen-bond donors (Lipinski definition) is 1. The lowest BCUT2D eigenvalue weighted by atomic mass is 9.81. The minimum Gasteiger partial charge on any atom is -0.481 e. The number of carboxylic acid groups (broad SMARTS) is 1. The van der Waals surface area contributed by atoms with Gasteiger partial charge in [0.1, 0.15) is 0 Å². The van der Waals surface area contributed by atoms with Crippen LogP contribution in [-0.2, 0) is 4.79 Å². The molecule has 4 heteroatoms. The van der Waals surface area contributed by atoms with Gasteiger partial charge in [-0.3, -0.25) is 9.46 Å². The monoisotopic (exact) mass is 187 g/mol. The fourth-order valence-corrected chi connectivity index (χ4v) is 1.83. The van der Waals surface area contributed by atoms with Crippen LogP contribution in [0.1, 0.15) is 19.8 Å². The summed E-state index contributed by atoms with van der Waals surface area (Å²) in [4.78, 5) is 10.8. The Kier molecular flexibility index (Phi) is 2.86. The Morgan fingerprint density at radius 3 is 2.42 bits per heavy atom. The van der Waals surface area contributed by atoms with E-state index in [1.165, 1.54) is 0 Å². The molecule has 68 valence electrons. The Bertz CT molecular complexity index is 197. The SMILES string of the molecule is C=PN1CCC(C)(C(=O)O)CC1. The average molecular weight is 187 g/mol. The van der Waals surface area contributed by atoms with E-state index in [4.69, 9.17) is 5.11 Å². The average Bonchev–Trinajstić information content (AvgIpc) is 2.06. The molecule has 1 N–H and O–H groups in total. The van der Waals surface area contributed by atoms with Crippen molar-refractivity contribution in [2.45, 2.75) is 19.8 Å². The van der Waals surface area contributed by atoms with E-state index in [2.05, 4.69) is 11.0 Å². The van der Waals surface area contributed by atoms with Gasteiger partial charge < -0.3 is 5.11 Å². The molecule has 0 saturated carbocycles. The van der Waals surface area contributed by atoms with Gasteiger partial charge in [-0.15, -0.1) is 0 Å². The van der Waals surface area contributed by atoms with E-state index in [0.717, 1.165) is 34.3 Å². The van der Waals surface area contributed by atoms with Crippen LogP contribution >= 0.6 is 8.35 Å². The van der Waals surface area contributed by atoms with Gasteiger partial charge >= 0.3 is 5.97 Å². The molecule has 0 bridgehead atoms. The molecule has 1 aliphatic heterocycles. The molecule has 0 atom stereocenters. The van der Waals surface area contributed by atoms with Gasteiger partial charge in [-0.1, -0.05) is 6.30 Å². The van der Waals surface area contributed by atoms with Gasteiger partial charge in [0.25, 0.3) is 0 Å². The number of aliphatic carboxylic acids is 1. The van der Waals surface area contributed by atoms with Gasteiger partial charge in [-0.2, -0.15) is 0 Å². The van der Waals surface area contributed by atoms with Crippen LogP contribution in [0.4, 0.5) is 0 Å². The molecule has 0 radical (unpaired) electrons. The highest BCUT2D eigenvalue weighted by Gasteiger charge is 2.36. The van der Waals surface area contributed by atoms with Crippen molar-refractivity contribution in [3.8, 4) is 0 Å². The minimum absolute atomic E-state index is 0.499. The summed E-state index contributed by atoms with van der Waals surface area (Å²) < 4.78 is 2.16. The van der Waals surface area contributed by atoms with Crippen molar-refractivity contribution in [3.05, 3.63) is 0 Å². The number of carboxylic acids is 1. The second kappa shape index (κ2) is 3.55. The van der Waals surface area contributed by atoms with Crippen molar-refractivity contribution in [2.75, 3.05) is 13.1 Å². The standard InChI is InChI=1S/C8H14NO2P/c1-8(7(10)11)3-5-9(12-2)6-4-8/h2-6H2,1H3,(H,10,11). The molecule has 0 aromatic carbocycles. The lowest BCUT2D eigenvalue weighted by Gasteiger charge is -2.33. The molecule has 3 nitrogen and oxygen atoms in total. The predicted octanol–water partition coefficient (Wildman–Crippen LogP) is 1.47. The molecular weight excluding hydrogens is 173 g/mol. The summed E-state index contributed by atoms with van der Waals surface area (Å²) in [5.74, 6) is -0.664. The van der Waals surface area contributed by atoms with Gasteiger partial charge in [0, 0.05) is 13.1 Å². The van der Waals surface area contributed by atoms with Gasteiger partial charge in [0.15, 0.2) is 0 Å². The molecule has 0 aliphatic carbocycles. The third kappa shape index (κ3) is 1.85. The Balaban J connectivity index is 2.55. The first-order chi connectivity index (χ1) is 5.58. The highest BCUT2D eigenvalue weighted by atomic mass is 31.1. The van der Waals surface area contributed by atoms with Crippen molar-refractivity contribution in [1.29, 1.82) is 0 Å². The molecular formula is C8H14NO2P. The second-order valence-electron chi connectivity index (χ2n) is 3.46. The number of piperidine rings is 1. The van der Waals surface area contributed by atoms with Gasteiger partial charge in [-0.05, 0) is 28.1 Å². The van der Waals surface area contributed by atoms with Crippen LogP contribution in [0.3, 0.4) is 0 Å². The van der Waals surface area contributed by atoms with E-state index in [1.54, 1.807) is 0 Å². The van der Waals surface area contributed by atoms with E-state index in [9.17, 15) is 4.79 Å². The molecule has 0 aromatic rings. The Hall–Kier alpha value is -0.400. The largest absolute Gasteiger partial charge is 0.481 e. The first-order valence-corrected chi connectivity index (χ1v) is 5.07. The molecule has 1 fully saturated rings. The summed E-state index contributed by atoms with van der Waals surface area (Å²) >= 11 is 0. The highest BCUT2D eigenvalue weighted by Crippen LogP contribution is 2.32. The maximum atomic E-state index is 10.8. The summed E-state index contributed by atoms with van der Waals surface area (Å²) in [6.07, 6.45) is 5.23. The molecule has 0 amide bonds. The zero-order valence-electron chi connectivity index (χ0n) is 7.29. The van der Waals surface area contributed by atoms with E-state index < -0.39 is 11.4 Å². The molecule has 1 saturated heterocycles. The van der Waals surface area contributed by atoms with E-state index in [0.29, 0.717) is 0 Å². The third-order valence-electron chi connectivity index (χ3n) is 2.56. The quantitative estimate of drug-likeness (QED) is 0.665. The third-order valence-corrected chi connectivity index (χ3v) is 3.36. The summed E-state index contributed by atoms with van der Waals surface area (Å²) in [5, 5.41) is 8.92. The van der Waals surface area contributed by atoms with Crippen molar-refractivity contribution < 1.29 is 9.90 Å². The molecule has 1 aliphatic rings. The van der Waals surface area contributed by atoms with Gasteiger partial charge in [0.2, 0.25) is 0 Å². The zero-order valence-corrected chi connectivity index (χ0v) is 8.18. The van der Waals surface area contributed by atoms with Crippen LogP contribution < -0.4 is 0 Å². The minimum atomic E-state index is -0.664. The Labute approximate surface area is 74.2 Å². The van der Waals surface area contributed by atoms with Gasteiger partial charge in [-0.25, -0.2) is 0 Å². The molecule has 12 heavy (non-hydrogen) atoms. The smallest absolute Gasteiger partial charge is 0.309 e. The first-order valence-electron chi connectivity index (χ1n) is 4.03. The zero-order chi connectivity index (χ0) is 9.19. The van der Waals surface area contributed by atoms with Crippen LogP contribution in [0.2, 0.25) is 0 Å². The van der Waals surface area contributed by atoms with E-state index in [-0.39, 0.29) is 0 Å². The molecule has 0 spiro atoms. The molecule has 0 aromatic heterocycles. The summed E-state index contributed by atoms with van der Waals surface area (Å²) in [7, 11) is 1.01. The van der Waals surface area contributed by atoms with Crippen LogP contribution in [0.5, 0.6) is 0 Å². The van der Waals surface area contributed by atoms with Crippen LogP contribution in [-0.4, -0.2) is 35.1 Å². The Morgan fingerprint density at radius 1 is 1.58 bits per heavy atom. The normalized spacial score (nSPS) is 24.1. The summed E-state index contributed by atoms with van der Waals surface area (Å²) in [6.45, 7) is 3.54. The number of nitrogens with zero attached hydrogens (tertiary/aromatic N) is 1. The molecule has 1 rings (SSSR count). The van der Waals surface area contributed by atoms with E-state index in [1.807, 2.05) is 6.92 Å². The maximum absolute atomic E-state index is 10.8. The summed E-state index contributed by atoms with van der Waals surface area (Å²) in [6, 6.07) is 0. The fraction of sp³-hybridized carbons (Fsp3) is 0.750. The van der Waals surface area contributed by atoms with Gasteiger partial charge in [0.05, 0.1) is 5.41 Å². The van der Waals surface area contributed by atoms with Crippen molar-refractivity contribution in [1.82, 2.24) is 4.67 Å². The molecule has 0 unspecified atom stereocenters. The Morgan fingerprint density at radius 2 is 2.08 bits per heavy atom. The fourth-order valence-electron chi connectivity index (χ4n) is 1.34. The maximum Gasteiger partial charge on any atom is 0.309 e. The van der Waals surface area contributed by atoms with E-state index >= 15 is 0 Å². The number of hydrogen-bond acceptors (Lipinski definition) is 2. The number of carbonyl (C=O) groups is 1. The van der Waals surface area contributed by atoms with Crippen molar-refractivity contribution >= 4 is 20.6 Å². The first kappa shape index (κ1) is 9.69. The topological polar surface area (TPSA) is 40.5 Å².